The fourth-order valence-corrected chi connectivity index (χ4v) is 2.80. The Bertz CT molecular complexity index is 460. The molecule has 0 radical (unpaired) electrons. The van der Waals surface area contributed by atoms with Gasteiger partial charge < -0.3 is 10.6 Å². The molecule has 0 fully saturated rings. The van der Waals surface area contributed by atoms with Crippen LogP contribution in [0.1, 0.15) is 39.2 Å². The predicted molar refractivity (Wildman–Crippen MR) is 78.8 cm³/mol. The topological polar surface area (TPSA) is 29.3 Å². The van der Waals surface area contributed by atoms with Crippen LogP contribution in [0.5, 0.6) is 0 Å². The Morgan fingerprint density at radius 3 is 2.61 bits per heavy atom. The van der Waals surface area contributed by atoms with Gasteiger partial charge in [0, 0.05) is 29.9 Å². The van der Waals surface area contributed by atoms with Crippen molar-refractivity contribution in [3.8, 4) is 0 Å². The smallest absolute Gasteiger partial charge is 0.0447 e. The second kappa shape index (κ2) is 4.77. The van der Waals surface area contributed by atoms with Gasteiger partial charge in [-0.2, -0.15) is 0 Å². The first-order valence-corrected chi connectivity index (χ1v) is 6.78. The number of nitrogens with zero attached hydrogens (tertiary/aromatic N) is 1. The number of hydrogen-bond donors (Lipinski definition) is 1. The van der Waals surface area contributed by atoms with Gasteiger partial charge in [-0.3, -0.25) is 0 Å². The monoisotopic (exact) mass is 244 g/mol. The third-order valence-corrected chi connectivity index (χ3v) is 4.08. The fourth-order valence-electron chi connectivity index (χ4n) is 2.80. The van der Waals surface area contributed by atoms with Crippen molar-refractivity contribution in [1.29, 1.82) is 0 Å². The molecule has 0 spiro atoms. The summed E-state index contributed by atoms with van der Waals surface area (Å²) in [6.45, 7) is 6.72. The maximum atomic E-state index is 6.03. The van der Waals surface area contributed by atoms with Gasteiger partial charge in [-0.25, -0.2) is 0 Å². The van der Waals surface area contributed by atoms with Crippen LogP contribution < -0.4 is 10.6 Å². The predicted octanol–water partition coefficient (Wildman–Crippen LogP) is 3.43. The van der Waals surface area contributed by atoms with E-state index in [1.54, 1.807) is 0 Å². The molecule has 1 aromatic rings. The zero-order valence-corrected chi connectivity index (χ0v) is 11.9. The van der Waals surface area contributed by atoms with E-state index < -0.39 is 0 Å². The zero-order chi connectivity index (χ0) is 13.3. The second-order valence-electron chi connectivity index (χ2n) is 5.69. The highest BCUT2D eigenvalue weighted by molar-refractivity contribution is 5.69. The number of para-hydroxylation sites is 1. The average molecular weight is 244 g/mol. The molecule has 2 heteroatoms. The summed E-state index contributed by atoms with van der Waals surface area (Å²) >= 11 is 0. The summed E-state index contributed by atoms with van der Waals surface area (Å²) in [5.41, 5.74) is 10.2. The van der Waals surface area contributed by atoms with Crippen LogP contribution in [0.2, 0.25) is 0 Å². The molecule has 1 unspecified atom stereocenters. The first-order chi connectivity index (χ1) is 8.48. The number of likely N-dealkylation sites (N-methyl/N-ethyl adjacent to an activating group) is 1. The lowest BCUT2D eigenvalue weighted by Crippen LogP contribution is -2.24. The van der Waals surface area contributed by atoms with E-state index in [0.717, 1.165) is 12.8 Å². The summed E-state index contributed by atoms with van der Waals surface area (Å²) < 4.78 is 0. The minimum atomic E-state index is 0.0821. The first-order valence-electron chi connectivity index (χ1n) is 6.78. The van der Waals surface area contributed by atoms with Gasteiger partial charge in [0.15, 0.2) is 0 Å². The Balaban J connectivity index is 2.35. The Morgan fingerprint density at radius 1 is 1.33 bits per heavy atom. The Labute approximate surface area is 110 Å². The van der Waals surface area contributed by atoms with Gasteiger partial charge in [-0.1, -0.05) is 45.0 Å². The minimum Gasteiger partial charge on any atom is -0.347 e. The Morgan fingerprint density at radius 2 is 2.00 bits per heavy atom. The highest BCUT2D eigenvalue weighted by atomic mass is 15.2. The summed E-state index contributed by atoms with van der Waals surface area (Å²) in [4.78, 5) is 2.30. The molecule has 2 N–H and O–H groups in total. The molecule has 98 valence electrons. The number of fused-ring (bicyclic) bond motifs is 1. The second-order valence-corrected chi connectivity index (χ2v) is 5.69. The van der Waals surface area contributed by atoms with Gasteiger partial charge in [0.2, 0.25) is 0 Å². The molecule has 1 heterocycles. The molecule has 0 saturated heterocycles. The number of nitrogens with two attached hydrogens (primary N) is 1. The van der Waals surface area contributed by atoms with Crippen LogP contribution in [0.3, 0.4) is 0 Å². The third kappa shape index (κ3) is 2.05. The summed E-state index contributed by atoms with van der Waals surface area (Å²) in [5, 5.41) is 0. The molecule has 18 heavy (non-hydrogen) atoms. The zero-order valence-electron chi connectivity index (χ0n) is 11.9. The number of benzene rings is 1. The van der Waals surface area contributed by atoms with Crippen molar-refractivity contribution in [1.82, 2.24) is 0 Å². The van der Waals surface area contributed by atoms with Crippen LogP contribution in [-0.4, -0.2) is 13.1 Å². The standard InChI is InChI=1S/C16H24N2/c1-5-12(17)10-11-15-16(2,3)13-8-6-7-9-14(13)18(15)4/h6-9,11-12H,5,10,17H2,1-4H3/b15-11+. The van der Waals surface area contributed by atoms with Crippen LogP contribution >= 0.6 is 0 Å². The van der Waals surface area contributed by atoms with E-state index in [1.165, 1.54) is 16.9 Å². The summed E-state index contributed by atoms with van der Waals surface area (Å²) in [7, 11) is 2.15. The summed E-state index contributed by atoms with van der Waals surface area (Å²) in [6.07, 6.45) is 4.29. The normalized spacial score (nSPS) is 21.2. The quantitative estimate of drug-likeness (QED) is 0.882. The molecule has 0 saturated carbocycles. The average Bonchev–Trinajstić information content (AvgIpc) is 2.56. The van der Waals surface area contributed by atoms with Crippen LogP contribution in [-0.2, 0) is 5.41 Å². The Kier molecular flexibility index (Phi) is 3.49. The van der Waals surface area contributed by atoms with E-state index in [-0.39, 0.29) is 11.5 Å². The van der Waals surface area contributed by atoms with Gasteiger partial charge in [0.25, 0.3) is 0 Å². The van der Waals surface area contributed by atoms with Crippen LogP contribution in [0, 0.1) is 0 Å². The lowest BCUT2D eigenvalue weighted by atomic mass is 9.83. The lowest BCUT2D eigenvalue weighted by molar-refractivity contribution is 0.615. The summed E-state index contributed by atoms with van der Waals surface area (Å²) in [5.74, 6) is 0. The van der Waals surface area contributed by atoms with Gasteiger partial charge in [0.05, 0.1) is 0 Å². The van der Waals surface area contributed by atoms with Gasteiger partial charge in [-0.15, -0.1) is 0 Å². The number of allylic oxidation sites excluding steroid dienone is 1. The molecule has 1 atom stereocenters. The van der Waals surface area contributed by atoms with Gasteiger partial charge >= 0.3 is 0 Å². The molecule has 0 aliphatic carbocycles. The van der Waals surface area contributed by atoms with E-state index in [1.807, 2.05) is 0 Å². The van der Waals surface area contributed by atoms with Crippen molar-refractivity contribution >= 4 is 5.69 Å². The lowest BCUT2D eigenvalue weighted by Gasteiger charge is -2.24. The van der Waals surface area contributed by atoms with E-state index in [2.05, 4.69) is 63.1 Å². The highest BCUT2D eigenvalue weighted by Gasteiger charge is 2.37. The molecule has 1 aliphatic rings. The molecule has 1 aliphatic heterocycles. The van der Waals surface area contributed by atoms with Crippen molar-refractivity contribution in [3.05, 3.63) is 41.6 Å². The molecule has 2 rings (SSSR count). The maximum absolute atomic E-state index is 6.03. The largest absolute Gasteiger partial charge is 0.347 e. The molecule has 0 bridgehead atoms. The highest BCUT2D eigenvalue weighted by Crippen LogP contribution is 2.46. The van der Waals surface area contributed by atoms with Crippen molar-refractivity contribution in [2.24, 2.45) is 5.73 Å². The van der Waals surface area contributed by atoms with E-state index in [4.69, 9.17) is 5.73 Å². The van der Waals surface area contributed by atoms with Crippen molar-refractivity contribution in [3.63, 3.8) is 0 Å². The fraction of sp³-hybridized carbons (Fsp3) is 0.500. The van der Waals surface area contributed by atoms with Gasteiger partial charge in [0.1, 0.15) is 0 Å². The molecule has 0 amide bonds. The van der Waals surface area contributed by atoms with Crippen LogP contribution in [0.4, 0.5) is 5.69 Å². The molecular weight excluding hydrogens is 220 g/mol. The number of hydrogen-bond acceptors (Lipinski definition) is 2. The molecule has 1 aromatic carbocycles. The Hall–Kier alpha value is -1.28. The van der Waals surface area contributed by atoms with E-state index in [9.17, 15) is 0 Å². The van der Waals surface area contributed by atoms with E-state index >= 15 is 0 Å². The SMILES string of the molecule is CCC(N)C/C=C1/N(C)c2ccccc2C1(C)C. The van der Waals surface area contributed by atoms with Crippen LogP contribution in [0.25, 0.3) is 0 Å². The molecular formula is C16H24N2. The van der Waals surface area contributed by atoms with Crippen molar-refractivity contribution in [2.75, 3.05) is 11.9 Å². The first kappa shape index (κ1) is 13.2. The maximum Gasteiger partial charge on any atom is 0.0447 e. The number of rotatable bonds is 3. The van der Waals surface area contributed by atoms with Gasteiger partial charge in [-0.05, 0) is 24.5 Å². The minimum absolute atomic E-state index is 0.0821. The van der Waals surface area contributed by atoms with E-state index in [0.29, 0.717) is 0 Å². The molecule has 0 aromatic heterocycles. The molecule has 2 nitrogen and oxygen atoms in total. The van der Waals surface area contributed by atoms with Crippen molar-refractivity contribution < 1.29 is 0 Å². The third-order valence-electron chi connectivity index (χ3n) is 4.08. The summed E-state index contributed by atoms with van der Waals surface area (Å²) in [6, 6.07) is 8.91. The van der Waals surface area contributed by atoms with Crippen LogP contribution in [0.15, 0.2) is 36.0 Å². The number of anilines is 1. The van der Waals surface area contributed by atoms with Crippen molar-refractivity contribution in [2.45, 2.75) is 45.1 Å².